The molecule has 0 aliphatic rings. The quantitative estimate of drug-likeness (QED) is 0.133. The van der Waals surface area contributed by atoms with E-state index in [2.05, 4.69) is 6.58 Å². The minimum absolute atomic E-state index is 0.557. The van der Waals surface area contributed by atoms with Gasteiger partial charge in [-0.2, -0.15) is 0 Å². The number of para-hydroxylation sites is 5. The fraction of sp³-hybridized carbons (Fsp3) is 0.0345. The molecule has 0 saturated carbocycles. The molecule has 4 nitrogen and oxygen atoms in total. The van der Waals surface area contributed by atoms with Crippen molar-refractivity contribution in [2.24, 2.45) is 0 Å². The van der Waals surface area contributed by atoms with E-state index in [0.717, 1.165) is 16.7 Å². The molecule has 0 amide bonds. The molecule has 0 spiro atoms. The Hall–Kier alpha value is -4.44. The van der Waals surface area contributed by atoms with Crippen molar-refractivity contribution in [1.82, 2.24) is 0 Å². The molecular weight excluding hydrogens is 408 g/mol. The first-order valence-electron chi connectivity index (χ1n) is 10.7. The average molecular weight is 435 g/mol. The number of nitrogen functional groups attached to an aromatic ring is 2. The van der Waals surface area contributed by atoms with Crippen LogP contribution in [0.25, 0.3) is 11.3 Å². The zero-order valence-corrected chi connectivity index (χ0v) is 18.3. The molecule has 4 aromatic rings. The van der Waals surface area contributed by atoms with E-state index in [1.165, 1.54) is 0 Å². The lowest BCUT2D eigenvalue weighted by atomic mass is 9.97. The number of hydrogen-bond acceptors (Lipinski definition) is 4. The van der Waals surface area contributed by atoms with E-state index in [1.807, 2.05) is 109 Å². The van der Waals surface area contributed by atoms with Crippen molar-refractivity contribution in [1.29, 1.82) is 0 Å². The molecule has 4 N–H and O–H groups in total. The van der Waals surface area contributed by atoms with Crippen molar-refractivity contribution >= 4 is 22.7 Å². The minimum atomic E-state index is 0.557. The van der Waals surface area contributed by atoms with E-state index >= 15 is 0 Å². The zero-order chi connectivity index (χ0) is 23.0. The molecule has 0 aromatic heterocycles. The Morgan fingerprint density at radius 3 is 1.85 bits per heavy atom. The minimum Gasteiger partial charge on any atom is -0.455 e. The third-order valence-electron chi connectivity index (χ3n) is 5.14. The molecule has 4 rings (SSSR count). The molecular formula is C29H26N2O2. The molecule has 0 aliphatic carbocycles. The van der Waals surface area contributed by atoms with Gasteiger partial charge in [-0.25, -0.2) is 0 Å². The normalized spacial score (nSPS) is 11.4. The van der Waals surface area contributed by atoms with Gasteiger partial charge in [0.1, 0.15) is 23.0 Å². The Bertz CT molecular complexity index is 1280. The molecule has 4 heteroatoms. The van der Waals surface area contributed by atoms with Gasteiger partial charge in [-0.05, 0) is 36.8 Å². The summed E-state index contributed by atoms with van der Waals surface area (Å²) in [6.07, 6.45) is 2.41. The van der Waals surface area contributed by atoms with E-state index in [0.29, 0.717) is 40.8 Å². The molecule has 0 unspecified atom stereocenters. The van der Waals surface area contributed by atoms with Crippen LogP contribution in [-0.2, 0) is 0 Å². The highest BCUT2D eigenvalue weighted by atomic mass is 16.5. The van der Waals surface area contributed by atoms with Gasteiger partial charge >= 0.3 is 0 Å². The second kappa shape index (κ2) is 10.2. The van der Waals surface area contributed by atoms with Crippen LogP contribution in [0.15, 0.2) is 116 Å². The van der Waals surface area contributed by atoms with Gasteiger partial charge in [0.15, 0.2) is 0 Å². The summed E-state index contributed by atoms with van der Waals surface area (Å²) in [5.74, 6) is 2.54. The number of anilines is 2. The molecule has 0 fully saturated rings. The Labute approximate surface area is 194 Å². The topological polar surface area (TPSA) is 70.5 Å². The molecule has 0 bridgehead atoms. The van der Waals surface area contributed by atoms with Crippen LogP contribution in [-0.4, -0.2) is 0 Å². The van der Waals surface area contributed by atoms with E-state index in [4.69, 9.17) is 20.9 Å². The summed E-state index contributed by atoms with van der Waals surface area (Å²) < 4.78 is 12.7. The van der Waals surface area contributed by atoms with Crippen molar-refractivity contribution in [3.8, 4) is 17.2 Å². The molecule has 164 valence electrons. The highest BCUT2D eigenvalue weighted by Gasteiger charge is 2.18. The number of rotatable bonds is 8. The van der Waals surface area contributed by atoms with Crippen molar-refractivity contribution in [3.05, 3.63) is 127 Å². The summed E-state index contributed by atoms with van der Waals surface area (Å²) in [7, 11) is 0. The summed E-state index contributed by atoms with van der Waals surface area (Å²) in [6, 6.07) is 32.7. The lowest BCUT2D eigenvalue weighted by Gasteiger charge is -2.20. The molecule has 4 aromatic carbocycles. The average Bonchev–Trinajstić information content (AvgIpc) is 2.85. The maximum absolute atomic E-state index is 6.46. The second-order valence-corrected chi connectivity index (χ2v) is 7.44. The zero-order valence-electron chi connectivity index (χ0n) is 18.3. The van der Waals surface area contributed by atoms with E-state index in [-0.39, 0.29) is 0 Å². The van der Waals surface area contributed by atoms with Gasteiger partial charge in [0, 0.05) is 16.7 Å². The van der Waals surface area contributed by atoms with Crippen molar-refractivity contribution in [2.45, 2.75) is 6.42 Å². The van der Waals surface area contributed by atoms with Gasteiger partial charge in [-0.15, -0.1) is 6.58 Å². The van der Waals surface area contributed by atoms with E-state index < -0.39 is 0 Å². The third-order valence-corrected chi connectivity index (χ3v) is 5.14. The lowest BCUT2D eigenvalue weighted by Crippen LogP contribution is -2.03. The highest BCUT2D eigenvalue weighted by molar-refractivity contribution is 5.91. The van der Waals surface area contributed by atoms with Crippen LogP contribution in [0, 0.1) is 0 Å². The van der Waals surface area contributed by atoms with Gasteiger partial charge in [-0.1, -0.05) is 78.9 Å². The molecule has 0 atom stereocenters. The maximum atomic E-state index is 6.46. The maximum Gasteiger partial charge on any atom is 0.150 e. The summed E-state index contributed by atoms with van der Waals surface area (Å²) >= 11 is 0. The fourth-order valence-electron chi connectivity index (χ4n) is 3.53. The van der Waals surface area contributed by atoms with Crippen LogP contribution >= 0.6 is 0 Å². The van der Waals surface area contributed by atoms with Gasteiger partial charge in [0.2, 0.25) is 0 Å². The number of benzene rings is 4. The number of nitrogens with two attached hydrogens (primary N) is 2. The molecule has 0 heterocycles. The van der Waals surface area contributed by atoms with Crippen LogP contribution < -0.4 is 20.9 Å². The number of allylic oxidation sites excluding steroid dienone is 2. The predicted octanol–water partition coefficient (Wildman–Crippen LogP) is 7.17. The Balaban J connectivity index is 1.90. The standard InChI is InChI=1S/C29H26N2O2/c1-2-12-23(22-15-6-9-18-26(22)32-27-19-10-7-16-24(27)30)29(21-13-4-3-5-14-21)33-28-20-11-8-17-25(28)31/h2-11,13-20H,1,12,30-31H2. The molecule has 0 aliphatic heterocycles. The van der Waals surface area contributed by atoms with Gasteiger partial charge < -0.3 is 20.9 Å². The van der Waals surface area contributed by atoms with Crippen molar-refractivity contribution in [2.75, 3.05) is 11.5 Å². The predicted molar refractivity (Wildman–Crippen MR) is 137 cm³/mol. The molecule has 0 radical (unpaired) electrons. The first-order valence-corrected chi connectivity index (χ1v) is 10.7. The van der Waals surface area contributed by atoms with Gasteiger partial charge in [0.25, 0.3) is 0 Å². The second-order valence-electron chi connectivity index (χ2n) is 7.44. The van der Waals surface area contributed by atoms with Crippen LogP contribution in [0.3, 0.4) is 0 Å². The Morgan fingerprint density at radius 1 is 0.667 bits per heavy atom. The smallest absolute Gasteiger partial charge is 0.150 e. The molecule has 33 heavy (non-hydrogen) atoms. The number of ether oxygens (including phenoxy) is 2. The van der Waals surface area contributed by atoms with Crippen molar-refractivity contribution < 1.29 is 9.47 Å². The van der Waals surface area contributed by atoms with E-state index in [9.17, 15) is 0 Å². The SMILES string of the molecule is C=CCC(=C(Oc1ccccc1N)c1ccccc1)c1ccccc1Oc1ccccc1N. The van der Waals surface area contributed by atoms with Crippen LogP contribution in [0.2, 0.25) is 0 Å². The van der Waals surface area contributed by atoms with Gasteiger partial charge in [-0.3, -0.25) is 0 Å². The van der Waals surface area contributed by atoms with E-state index in [1.54, 1.807) is 0 Å². The fourth-order valence-corrected chi connectivity index (χ4v) is 3.53. The monoisotopic (exact) mass is 434 g/mol. The summed E-state index contributed by atoms with van der Waals surface area (Å²) in [5.41, 5.74) is 16.2. The highest BCUT2D eigenvalue weighted by Crippen LogP contribution is 2.39. The first-order chi connectivity index (χ1) is 16.2. The van der Waals surface area contributed by atoms with Crippen molar-refractivity contribution in [3.63, 3.8) is 0 Å². The lowest BCUT2D eigenvalue weighted by molar-refractivity contribution is 0.482. The number of hydrogen-bond donors (Lipinski definition) is 2. The Morgan fingerprint density at radius 2 is 1.21 bits per heavy atom. The van der Waals surface area contributed by atoms with Crippen LogP contribution in [0.5, 0.6) is 17.2 Å². The summed E-state index contributed by atoms with van der Waals surface area (Å²) in [4.78, 5) is 0. The largest absolute Gasteiger partial charge is 0.455 e. The molecule has 0 saturated heterocycles. The summed E-state index contributed by atoms with van der Waals surface area (Å²) in [5, 5.41) is 0. The summed E-state index contributed by atoms with van der Waals surface area (Å²) in [6.45, 7) is 3.98. The third kappa shape index (κ3) is 5.08. The van der Waals surface area contributed by atoms with Gasteiger partial charge in [0.05, 0.1) is 11.4 Å². The van der Waals surface area contributed by atoms with Crippen LogP contribution in [0.1, 0.15) is 17.5 Å². The first kappa shape index (κ1) is 21.8. The Kier molecular flexibility index (Phi) is 6.76. The van der Waals surface area contributed by atoms with Crippen LogP contribution in [0.4, 0.5) is 11.4 Å².